The Morgan fingerprint density at radius 2 is 1.79 bits per heavy atom. The number of rotatable bonds is 3. The van der Waals surface area contributed by atoms with E-state index in [-0.39, 0.29) is 0 Å². The number of aromatic nitrogens is 3. The zero-order valence-electron chi connectivity index (χ0n) is 13.4. The molecule has 0 aliphatic carbocycles. The molecule has 4 nitrogen and oxygen atoms in total. The molecule has 0 atom stereocenters. The van der Waals surface area contributed by atoms with Crippen LogP contribution >= 0.6 is 11.6 Å². The highest BCUT2D eigenvalue weighted by molar-refractivity contribution is 6.30. The van der Waals surface area contributed by atoms with Gasteiger partial charge >= 0.3 is 0 Å². The number of halogens is 1. The fraction of sp³-hybridized carbons (Fsp3) is 0.105. The summed E-state index contributed by atoms with van der Waals surface area (Å²) in [5, 5.41) is 0.725. The highest BCUT2D eigenvalue weighted by Gasteiger charge is 2.13. The molecule has 0 aliphatic heterocycles. The smallest absolute Gasteiger partial charge is 0.214 e. The first-order valence-corrected chi connectivity index (χ1v) is 7.98. The Morgan fingerprint density at radius 3 is 2.54 bits per heavy atom. The van der Waals surface area contributed by atoms with Gasteiger partial charge in [-0.05, 0) is 24.3 Å². The highest BCUT2D eigenvalue weighted by Crippen LogP contribution is 2.28. The number of aryl methyl sites for hydroxylation is 1. The normalized spacial score (nSPS) is 11.1. The summed E-state index contributed by atoms with van der Waals surface area (Å²) in [4.78, 5) is 4.76. The third-order valence-corrected chi connectivity index (χ3v) is 4.36. The molecule has 120 valence electrons. The van der Waals surface area contributed by atoms with Crippen LogP contribution in [-0.2, 0) is 7.05 Å². The molecule has 5 heteroatoms. The van der Waals surface area contributed by atoms with Crippen molar-refractivity contribution in [2.45, 2.75) is 0 Å². The first kappa shape index (κ1) is 14.8. The molecule has 0 aliphatic rings. The van der Waals surface area contributed by atoms with E-state index < -0.39 is 0 Å². The molecular weight excluding hydrogens is 322 g/mol. The van der Waals surface area contributed by atoms with Gasteiger partial charge in [0.25, 0.3) is 0 Å². The van der Waals surface area contributed by atoms with Crippen LogP contribution in [0.25, 0.3) is 28.3 Å². The third kappa shape index (κ3) is 2.45. The molecule has 0 saturated heterocycles. The Morgan fingerprint density at radius 1 is 1.00 bits per heavy atom. The van der Waals surface area contributed by atoms with Crippen LogP contribution in [0.15, 0.2) is 60.9 Å². The molecule has 2 aromatic heterocycles. The largest absolute Gasteiger partial charge is 0.497 e. The van der Waals surface area contributed by atoms with E-state index in [0.717, 1.165) is 39.1 Å². The number of methoxy groups -OCH3 is 1. The van der Waals surface area contributed by atoms with Crippen molar-refractivity contribution in [3.63, 3.8) is 0 Å². The van der Waals surface area contributed by atoms with Crippen LogP contribution < -0.4 is 4.74 Å². The van der Waals surface area contributed by atoms with Gasteiger partial charge in [0.05, 0.1) is 18.5 Å². The second-order valence-corrected chi connectivity index (χ2v) is 6.09. The number of hydrogen-bond acceptors (Lipinski definition) is 2. The maximum absolute atomic E-state index is 6.11. The van der Waals surface area contributed by atoms with E-state index in [0.29, 0.717) is 0 Å². The van der Waals surface area contributed by atoms with E-state index >= 15 is 0 Å². The summed E-state index contributed by atoms with van der Waals surface area (Å²) in [5.74, 6) is 1.70. The Kier molecular flexibility index (Phi) is 3.54. The van der Waals surface area contributed by atoms with Gasteiger partial charge in [-0.2, -0.15) is 0 Å². The number of hydrogen-bond donors (Lipinski definition) is 0. The van der Waals surface area contributed by atoms with Gasteiger partial charge in [0.2, 0.25) is 5.78 Å². The first-order valence-electron chi connectivity index (χ1n) is 7.60. The molecule has 0 amide bonds. The highest BCUT2D eigenvalue weighted by atomic mass is 35.5. The minimum Gasteiger partial charge on any atom is -0.497 e. The molecule has 0 bridgehead atoms. The molecule has 0 N–H and O–H groups in total. The van der Waals surface area contributed by atoms with E-state index in [1.807, 2.05) is 66.2 Å². The monoisotopic (exact) mass is 337 g/mol. The lowest BCUT2D eigenvalue weighted by Gasteiger charge is -2.03. The fourth-order valence-corrected chi connectivity index (χ4v) is 3.08. The molecule has 4 rings (SSSR count). The van der Waals surface area contributed by atoms with Gasteiger partial charge in [-0.1, -0.05) is 35.9 Å². The molecule has 0 spiro atoms. The molecule has 0 fully saturated rings. The van der Waals surface area contributed by atoms with Gasteiger partial charge in [0.15, 0.2) is 0 Å². The number of imidazole rings is 2. The van der Waals surface area contributed by atoms with Crippen molar-refractivity contribution in [3.8, 4) is 28.3 Å². The Hall–Kier alpha value is -2.72. The topological polar surface area (TPSA) is 31.5 Å². The van der Waals surface area contributed by atoms with Crippen molar-refractivity contribution in [1.29, 1.82) is 0 Å². The number of nitrogens with zero attached hydrogens (tertiary/aromatic N) is 3. The van der Waals surface area contributed by atoms with E-state index in [4.69, 9.17) is 21.3 Å². The van der Waals surface area contributed by atoms with Crippen molar-refractivity contribution < 1.29 is 4.74 Å². The summed E-state index contributed by atoms with van der Waals surface area (Å²) >= 11 is 6.11. The standard InChI is InChI=1S/C19H16ClN3O/c1-22-18(14-6-3-7-15(20)9-14)12-23-11-17(21-19(22)23)13-5-4-8-16(10-13)24-2/h3-12H,1-2H3. The summed E-state index contributed by atoms with van der Waals surface area (Å²) in [7, 11) is 3.67. The Bertz CT molecular complexity index is 1030. The van der Waals surface area contributed by atoms with E-state index in [2.05, 4.69) is 10.8 Å². The van der Waals surface area contributed by atoms with E-state index in [9.17, 15) is 0 Å². The summed E-state index contributed by atoms with van der Waals surface area (Å²) < 4.78 is 9.39. The predicted molar refractivity (Wildman–Crippen MR) is 96.6 cm³/mol. The maximum Gasteiger partial charge on any atom is 0.214 e. The number of fused-ring (bicyclic) bond motifs is 1. The molecule has 2 heterocycles. The van der Waals surface area contributed by atoms with Gasteiger partial charge in [0, 0.05) is 35.6 Å². The van der Waals surface area contributed by atoms with Crippen LogP contribution in [0.2, 0.25) is 5.02 Å². The van der Waals surface area contributed by atoms with Gasteiger partial charge in [-0.15, -0.1) is 0 Å². The molecule has 0 saturated carbocycles. The lowest BCUT2D eigenvalue weighted by molar-refractivity contribution is 0.415. The molecular formula is C19H16ClN3O. The second kappa shape index (κ2) is 5.73. The molecule has 0 radical (unpaired) electrons. The van der Waals surface area contributed by atoms with Gasteiger partial charge < -0.3 is 9.30 Å². The van der Waals surface area contributed by atoms with Gasteiger partial charge in [-0.3, -0.25) is 4.40 Å². The molecule has 24 heavy (non-hydrogen) atoms. The SMILES string of the molecule is COc1cccc(-c2cn3cc(-c4cccc(Cl)c4)n(C)c3n2)c1. The first-order chi connectivity index (χ1) is 11.7. The van der Waals surface area contributed by atoms with E-state index in [1.54, 1.807) is 7.11 Å². The second-order valence-electron chi connectivity index (χ2n) is 5.65. The third-order valence-electron chi connectivity index (χ3n) is 4.12. The molecule has 2 aromatic carbocycles. The molecule has 4 aromatic rings. The van der Waals surface area contributed by atoms with E-state index in [1.165, 1.54) is 0 Å². The average molecular weight is 338 g/mol. The van der Waals surface area contributed by atoms with Crippen LogP contribution in [-0.4, -0.2) is 21.1 Å². The van der Waals surface area contributed by atoms with Crippen LogP contribution in [0.5, 0.6) is 5.75 Å². The Balaban J connectivity index is 1.80. The number of benzene rings is 2. The summed E-state index contributed by atoms with van der Waals surface area (Å²) in [5.41, 5.74) is 4.08. The summed E-state index contributed by atoms with van der Waals surface area (Å²) in [6.45, 7) is 0. The van der Waals surface area contributed by atoms with Crippen LogP contribution in [0.1, 0.15) is 0 Å². The quantitative estimate of drug-likeness (QED) is 0.544. The van der Waals surface area contributed by atoms with Crippen molar-refractivity contribution in [3.05, 3.63) is 65.9 Å². The predicted octanol–water partition coefficient (Wildman–Crippen LogP) is 4.67. The summed E-state index contributed by atoms with van der Waals surface area (Å²) in [6, 6.07) is 15.7. The van der Waals surface area contributed by atoms with Gasteiger partial charge in [0.1, 0.15) is 5.75 Å². The zero-order chi connectivity index (χ0) is 16.7. The van der Waals surface area contributed by atoms with Crippen LogP contribution in [0, 0.1) is 0 Å². The Labute approximate surface area is 144 Å². The van der Waals surface area contributed by atoms with Crippen molar-refractivity contribution in [2.75, 3.05) is 7.11 Å². The minimum atomic E-state index is 0.725. The van der Waals surface area contributed by atoms with Crippen molar-refractivity contribution >= 4 is 17.4 Å². The average Bonchev–Trinajstić information content (AvgIpc) is 3.15. The van der Waals surface area contributed by atoms with Gasteiger partial charge in [-0.25, -0.2) is 4.98 Å². The van der Waals surface area contributed by atoms with Crippen LogP contribution in [0.4, 0.5) is 0 Å². The maximum atomic E-state index is 6.11. The summed E-state index contributed by atoms with van der Waals surface area (Å²) in [6.07, 6.45) is 4.09. The zero-order valence-corrected chi connectivity index (χ0v) is 14.2. The van der Waals surface area contributed by atoms with Crippen molar-refractivity contribution in [2.24, 2.45) is 7.05 Å². The minimum absolute atomic E-state index is 0.725. The van der Waals surface area contributed by atoms with Crippen LogP contribution in [0.3, 0.4) is 0 Å². The lowest BCUT2D eigenvalue weighted by Crippen LogP contribution is -1.92. The lowest BCUT2D eigenvalue weighted by atomic mass is 10.1. The molecule has 0 unspecified atom stereocenters. The fourth-order valence-electron chi connectivity index (χ4n) is 2.89. The number of ether oxygens (including phenoxy) is 1. The van der Waals surface area contributed by atoms with Crippen molar-refractivity contribution in [1.82, 2.24) is 14.0 Å².